The molecule has 1 unspecified atom stereocenters. The Hall–Kier alpha value is -3.26. The molecule has 2 aliphatic rings. The molecule has 0 saturated carbocycles. The Labute approximate surface area is 199 Å². The van der Waals surface area contributed by atoms with Gasteiger partial charge in [0, 0.05) is 32.4 Å². The molecule has 1 saturated heterocycles. The van der Waals surface area contributed by atoms with E-state index in [1.165, 1.54) is 11.1 Å². The summed E-state index contributed by atoms with van der Waals surface area (Å²) in [6, 6.07) is 19.3. The SMILES string of the molecule is OC(CNc1cc(-c2ccc3ncn(C4COC4)c3c2)ccn1)CN1CCc2ccccc2C1. The van der Waals surface area contributed by atoms with E-state index in [2.05, 4.69) is 67.2 Å². The summed E-state index contributed by atoms with van der Waals surface area (Å²) in [7, 11) is 0. The molecule has 0 amide bonds. The third-order valence-corrected chi connectivity index (χ3v) is 6.88. The van der Waals surface area contributed by atoms with Crippen molar-refractivity contribution in [3.63, 3.8) is 0 Å². The van der Waals surface area contributed by atoms with Crippen molar-refractivity contribution in [3.8, 4) is 11.1 Å². The molecular weight excluding hydrogens is 426 g/mol. The van der Waals surface area contributed by atoms with Gasteiger partial charge in [-0.05, 0) is 52.9 Å². The highest BCUT2D eigenvalue weighted by atomic mass is 16.5. The molecule has 0 aliphatic carbocycles. The van der Waals surface area contributed by atoms with Crippen molar-refractivity contribution in [1.82, 2.24) is 19.4 Å². The quantitative estimate of drug-likeness (QED) is 0.444. The first-order valence-corrected chi connectivity index (χ1v) is 11.9. The normalized spacial score (nSPS) is 17.3. The molecule has 0 radical (unpaired) electrons. The molecule has 0 spiro atoms. The highest BCUT2D eigenvalue weighted by molar-refractivity contribution is 5.82. The van der Waals surface area contributed by atoms with Gasteiger partial charge in [-0.2, -0.15) is 0 Å². The van der Waals surface area contributed by atoms with Gasteiger partial charge in [0.1, 0.15) is 5.82 Å². The van der Waals surface area contributed by atoms with Gasteiger partial charge in [0.15, 0.2) is 0 Å². The number of anilines is 1. The van der Waals surface area contributed by atoms with Crippen LogP contribution in [-0.2, 0) is 17.7 Å². The maximum absolute atomic E-state index is 10.7. The smallest absolute Gasteiger partial charge is 0.126 e. The zero-order chi connectivity index (χ0) is 22.9. The molecule has 1 atom stereocenters. The number of imidazole rings is 1. The lowest BCUT2D eigenvalue weighted by Gasteiger charge is -2.30. The van der Waals surface area contributed by atoms with E-state index in [0.717, 1.165) is 60.7 Å². The number of rotatable bonds is 7. The van der Waals surface area contributed by atoms with Crippen molar-refractivity contribution in [2.24, 2.45) is 0 Å². The third kappa shape index (κ3) is 4.30. The monoisotopic (exact) mass is 455 g/mol. The Balaban J connectivity index is 1.10. The van der Waals surface area contributed by atoms with Gasteiger partial charge in [-0.3, -0.25) is 4.90 Å². The Bertz CT molecular complexity index is 1300. The summed E-state index contributed by atoms with van der Waals surface area (Å²) >= 11 is 0. The molecule has 6 rings (SSSR count). The molecule has 2 aromatic heterocycles. The van der Waals surface area contributed by atoms with Crippen molar-refractivity contribution in [1.29, 1.82) is 0 Å². The molecule has 2 N–H and O–H groups in total. The van der Waals surface area contributed by atoms with Crippen LogP contribution in [0, 0.1) is 0 Å². The van der Waals surface area contributed by atoms with Crippen molar-refractivity contribution in [3.05, 3.63) is 78.2 Å². The number of β-amino-alcohol motifs (C(OH)–C–C–N with tert-alkyl or cyclic N) is 1. The van der Waals surface area contributed by atoms with Crippen LogP contribution in [0.3, 0.4) is 0 Å². The summed E-state index contributed by atoms with van der Waals surface area (Å²) in [5.41, 5.74) is 7.11. The second-order valence-electron chi connectivity index (χ2n) is 9.26. The second-order valence-corrected chi connectivity index (χ2v) is 9.26. The minimum absolute atomic E-state index is 0.366. The van der Waals surface area contributed by atoms with Gasteiger partial charge in [0.2, 0.25) is 0 Å². The van der Waals surface area contributed by atoms with Gasteiger partial charge in [-0.25, -0.2) is 9.97 Å². The van der Waals surface area contributed by atoms with E-state index >= 15 is 0 Å². The third-order valence-electron chi connectivity index (χ3n) is 6.88. The molecule has 0 bridgehead atoms. The van der Waals surface area contributed by atoms with Crippen molar-refractivity contribution in [2.45, 2.75) is 25.1 Å². The molecule has 1 fully saturated rings. The van der Waals surface area contributed by atoms with E-state index in [-0.39, 0.29) is 0 Å². The highest BCUT2D eigenvalue weighted by Crippen LogP contribution is 2.28. The summed E-state index contributed by atoms with van der Waals surface area (Å²) in [6.07, 6.45) is 4.29. The van der Waals surface area contributed by atoms with Crippen molar-refractivity contribution in [2.75, 3.05) is 38.2 Å². The summed E-state index contributed by atoms with van der Waals surface area (Å²) in [5, 5.41) is 14.0. The van der Waals surface area contributed by atoms with Crippen LogP contribution in [0.15, 0.2) is 67.1 Å². The van der Waals surface area contributed by atoms with Crippen molar-refractivity contribution >= 4 is 16.9 Å². The number of aliphatic hydroxyl groups excluding tert-OH is 1. The summed E-state index contributed by atoms with van der Waals surface area (Å²) < 4.78 is 7.57. The van der Waals surface area contributed by atoms with Crippen LogP contribution in [0.4, 0.5) is 5.82 Å². The maximum atomic E-state index is 10.7. The van der Waals surface area contributed by atoms with Gasteiger partial charge in [-0.1, -0.05) is 30.3 Å². The molecule has 2 aromatic carbocycles. The summed E-state index contributed by atoms with van der Waals surface area (Å²) in [5.74, 6) is 0.765. The van der Waals surface area contributed by atoms with E-state index in [9.17, 15) is 5.11 Å². The first-order valence-electron chi connectivity index (χ1n) is 11.9. The number of nitrogens with one attached hydrogen (secondary N) is 1. The summed E-state index contributed by atoms with van der Waals surface area (Å²) in [4.78, 5) is 11.3. The van der Waals surface area contributed by atoms with E-state index in [4.69, 9.17) is 4.74 Å². The Morgan fingerprint density at radius 3 is 2.74 bits per heavy atom. The molecule has 2 aliphatic heterocycles. The number of nitrogens with zero attached hydrogens (tertiary/aromatic N) is 4. The van der Waals surface area contributed by atoms with Crippen LogP contribution < -0.4 is 5.32 Å². The molecule has 7 heteroatoms. The van der Waals surface area contributed by atoms with Crippen LogP contribution in [0.25, 0.3) is 22.2 Å². The Morgan fingerprint density at radius 2 is 1.88 bits per heavy atom. The lowest BCUT2D eigenvalue weighted by Crippen LogP contribution is -2.39. The Kier molecular flexibility index (Phi) is 5.74. The number of fused-ring (bicyclic) bond motifs is 2. The molecular formula is C27H29N5O2. The molecule has 4 heterocycles. The van der Waals surface area contributed by atoms with Gasteiger partial charge in [0.25, 0.3) is 0 Å². The summed E-state index contributed by atoms with van der Waals surface area (Å²) in [6.45, 7) is 4.46. The minimum atomic E-state index is -0.467. The molecule has 34 heavy (non-hydrogen) atoms. The highest BCUT2D eigenvalue weighted by Gasteiger charge is 2.22. The van der Waals surface area contributed by atoms with Crippen molar-refractivity contribution < 1.29 is 9.84 Å². The number of aliphatic hydroxyl groups is 1. The fourth-order valence-electron chi connectivity index (χ4n) is 4.88. The fraction of sp³-hybridized carbons (Fsp3) is 0.333. The standard InChI is InChI=1S/C27H29N5O2/c33-24(15-31-10-8-19-3-1-2-4-22(19)14-31)13-29-27-12-21(7-9-28-27)20-5-6-25-26(11-20)32(18-30-25)23-16-34-17-23/h1-7,9,11-12,18,23-24,33H,8,10,13-17H2,(H,28,29). The maximum Gasteiger partial charge on any atom is 0.126 e. The topological polar surface area (TPSA) is 75.4 Å². The number of hydrogen-bond acceptors (Lipinski definition) is 6. The zero-order valence-corrected chi connectivity index (χ0v) is 19.1. The van der Waals surface area contributed by atoms with Crippen LogP contribution in [0.5, 0.6) is 0 Å². The van der Waals surface area contributed by atoms with E-state index in [0.29, 0.717) is 19.1 Å². The van der Waals surface area contributed by atoms with Gasteiger partial charge in [-0.15, -0.1) is 0 Å². The number of pyridine rings is 1. The van der Waals surface area contributed by atoms with Crippen LogP contribution in [0.2, 0.25) is 0 Å². The van der Waals surface area contributed by atoms with Gasteiger partial charge < -0.3 is 19.7 Å². The van der Waals surface area contributed by atoms with Crippen LogP contribution in [0.1, 0.15) is 17.2 Å². The number of ether oxygens (including phenoxy) is 1. The first-order chi connectivity index (χ1) is 16.7. The number of benzene rings is 2. The predicted octanol–water partition coefficient (Wildman–Crippen LogP) is 3.50. The molecule has 174 valence electrons. The van der Waals surface area contributed by atoms with Gasteiger partial charge in [0.05, 0.1) is 42.7 Å². The zero-order valence-electron chi connectivity index (χ0n) is 19.1. The molecule has 7 nitrogen and oxygen atoms in total. The average Bonchev–Trinajstić information content (AvgIpc) is 3.24. The number of aromatic nitrogens is 3. The van der Waals surface area contributed by atoms with E-state index in [1.807, 2.05) is 24.7 Å². The molecule has 4 aromatic rings. The van der Waals surface area contributed by atoms with Crippen LogP contribution >= 0.6 is 0 Å². The van der Waals surface area contributed by atoms with E-state index in [1.54, 1.807) is 0 Å². The van der Waals surface area contributed by atoms with Crippen LogP contribution in [-0.4, -0.2) is 63.5 Å². The first kappa shape index (κ1) is 21.3. The van der Waals surface area contributed by atoms with E-state index < -0.39 is 6.10 Å². The number of hydrogen-bond donors (Lipinski definition) is 2. The minimum Gasteiger partial charge on any atom is -0.390 e. The second kappa shape index (κ2) is 9.18. The Morgan fingerprint density at radius 1 is 1.03 bits per heavy atom. The lowest BCUT2D eigenvalue weighted by atomic mass is 10.00. The fourth-order valence-corrected chi connectivity index (χ4v) is 4.88. The lowest BCUT2D eigenvalue weighted by molar-refractivity contribution is -0.0216. The predicted molar refractivity (Wildman–Crippen MR) is 133 cm³/mol. The largest absolute Gasteiger partial charge is 0.390 e. The average molecular weight is 456 g/mol. The van der Waals surface area contributed by atoms with Gasteiger partial charge >= 0.3 is 0 Å².